The number of carbonyl (C=O) groups excluding carboxylic acids is 1. The van der Waals surface area contributed by atoms with E-state index in [0.29, 0.717) is 19.7 Å². The molecule has 1 atom stereocenters. The number of nitrogens with zero attached hydrogens (tertiary/aromatic N) is 2. The average molecular weight is 349 g/mol. The summed E-state index contributed by atoms with van der Waals surface area (Å²) in [7, 11) is 3.87. The van der Waals surface area contributed by atoms with Crippen LogP contribution < -0.4 is 10.1 Å². The van der Waals surface area contributed by atoms with Gasteiger partial charge in [0.25, 0.3) is 0 Å². The van der Waals surface area contributed by atoms with Gasteiger partial charge in [-0.1, -0.05) is 17.7 Å². The molecule has 0 unspecified atom stereocenters. The third-order valence-corrected chi connectivity index (χ3v) is 4.40. The summed E-state index contributed by atoms with van der Waals surface area (Å²) in [5.74, 6) is 0.913. The molecule has 1 aromatic carbocycles. The number of nitrogens with one attached hydrogen (secondary N) is 1. The van der Waals surface area contributed by atoms with E-state index in [1.54, 1.807) is 11.9 Å². The van der Waals surface area contributed by atoms with Gasteiger partial charge in [-0.15, -0.1) is 0 Å². The summed E-state index contributed by atoms with van der Waals surface area (Å²) in [6.45, 7) is 8.45. The summed E-state index contributed by atoms with van der Waals surface area (Å²) in [6, 6.07) is 6.09. The van der Waals surface area contributed by atoms with Crippen molar-refractivity contribution in [2.75, 3.05) is 53.5 Å². The molecule has 2 rings (SSSR count). The number of amides is 2. The predicted octanol–water partition coefficient (Wildman–Crippen LogP) is 2.04. The number of ether oxygens (including phenoxy) is 2. The molecule has 1 N–H and O–H groups in total. The summed E-state index contributed by atoms with van der Waals surface area (Å²) in [4.78, 5) is 16.0. The molecule has 0 saturated carbocycles. The smallest absolute Gasteiger partial charge is 0.317 e. The van der Waals surface area contributed by atoms with Crippen LogP contribution >= 0.6 is 0 Å². The molecule has 1 heterocycles. The van der Waals surface area contributed by atoms with Crippen molar-refractivity contribution in [3.63, 3.8) is 0 Å². The Balaban J connectivity index is 1.62. The van der Waals surface area contributed by atoms with Gasteiger partial charge in [-0.3, -0.25) is 0 Å². The monoisotopic (exact) mass is 349 g/mol. The number of benzene rings is 1. The minimum absolute atomic E-state index is 0.0663. The molecule has 2 amide bonds. The van der Waals surface area contributed by atoms with E-state index < -0.39 is 0 Å². The van der Waals surface area contributed by atoms with E-state index in [1.165, 1.54) is 5.56 Å². The molecule has 0 aliphatic carbocycles. The van der Waals surface area contributed by atoms with Crippen molar-refractivity contribution in [1.82, 2.24) is 15.1 Å². The molecule has 140 valence electrons. The van der Waals surface area contributed by atoms with Crippen molar-refractivity contribution in [3.8, 4) is 5.75 Å². The van der Waals surface area contributed by atoms with E-state index in [9.17, 15) is 4.79 Å². The molecule has 1 saturated heterocycles. The fourth-order valence-corrected chi connectivity index (χ4v) is 2.87. The van der Waals surface area contributed by atoms with Gasteiger partial charge in [-0.2, -0.15) is 0 Å². The Labute approximate surface area is 151 Å². The summed E-state index contributed by atoms with van der Waals surface area (Å²) in [5.41, 5.74) is 2.37. The number of hydrogen-bond donors (Lipinski definition) is 1. The van der Waals surface area contributed by atoms with Crippen LogP contribution in [0.15, 0.2) is 18.2 Å². The molecule has 1 aliphatic heterocycles. The topological polar surface area (TPSA) is 54.0 Å². The second-order valence-electron chi connectivity index (χ2n) is 6.83. The molecule has 1 aliphatic rings. The van der Waals surface area contributed by atoms with E-state index in [1.807, 2.05) is 19.1 Å². The molecule has 1 aromatic rings. The van der Waals surface area contributed by atoms with Crippen LogP contribution in [0, 0.1) is 13.8 Å². The van der Waals surface area contributed by atoms with Crippen molar-refractivity contribution in [1.29, 1.82) is 0 Å². The number of likely N-dealkylation sites (N-methyl/N-ethyl adjacent to an activating group) is 1. The third-order valence-electron chi connectivity index (χ3n) is 4.40. The lowest BCUT2D eigenvalue weighted by atomic mass is 10.1. The molecule has 6 nitrogen and oxygen atoms in total. The Morgan fingerprint density at radius 1 is 1.44 bits per heavy atom. The van der Waals surface area contributed by atoms with Crippen LogP contribution in [0.4, 0.5) is 4.79 Å². The highest BCUT2D eigenvalue weighted by atomic mass is 16.5. The van der Waals surface area contributed by atoms with Gasteiger partial charge in [0.1, 0.15) is 5.75 Å². The fraction of sp³-hybridized carbons (Fsp3) is 0.632. The van der Waals surface area contributed by atoms with E-state index in [2.05, 4.69) is 30.3 Å². The molecule has 1 fully saturated rings. The fourth-order valence-electron chi connectivity index (χ4n) is 2.87. The molecule has 0 aromatic heterocycles. The normalized spacial score (nSPS) is 18.0. The number of rotatable bonds is 7. The van der Waals surface area contributed by atoms with Gasteiger partial charge in [-0.25, -0.2) is 4.79 Å². The van der Waals surface area contributed by atoms with E-state index in [4.69, 9.17) is 9.47 Å². The Hall–Kier alpha value is -1.79. The second-order valence-corrected chi connectivity index (χ2v) is 6.83. The minimum Gasteiger partial charge on any atom is -0.493 e. The van der Waals surface area contributed by atoms with Crippen LogP contribution in [0.5, 0.6) is 5.75 Å². The summed E-state index contributed by atoms with van der Waals surface area (Å²) >= 11 is 0. The van der Waals surface area contributed by atoms with Crippen molar-refractivity contribution < 1.29 is 14.3 Å². The van der Waals surface area contributed by atoms with E-state index in [-0.39, 0.29) is 12.1 Å². The van der Waals surface area contributed by atoms with Gasteiger partial charge in [0.05, 0.1) is 19.3 Å². The van der Waals surface area contributed by atoms with Crippen molar-refractivity contribution in [3.05, 3.63) is 29.3 Å². The zero-order valence-electron chi connectivity index (χ0n) is 15.9. The number of hydrogen-bond acceptors (Lipinski definition) is 4. The van der Waals surface area contributed by atoms with E-state index in [0.717, 1.165) is 37.4 Å². The Morgan fingerprint density at radius 2 is 2.24 bits per heavy atom. The average Bonchev–Trinajstić information content (AvgIpc) is 2.58. The van der Waals surface area contributed by atoms with Gasteiger partial charge in [0.15, 0.2) is 0 Å². The van der Waals surface area contributed by atoms with Crippen LogP contribution in [0.1, 0.15) is 17.5 Å². The van der Waals surface area contributed by atoms with Crippen LogP contribution in [0.25, 0.3) is 0 Å². The molecular weight excluding hydrogens is 318 g/mol. The lowest BCUT2D eigenvalue weighted by molar-refractivity contribution is -0.0171. The van der Waals surface area contributed by atoms with Crippen LogP contribution in [0.2, 0.25) is 0 Å². The highest BCUT2D eigenvalue weighted by Crippen LogP contribution is 2.18. The molecular formula is C19H31N3O3. The lowest BCUT2D eigenvalue weighted by Gasteiger charge is -2.30. The first kappa shape index (κ1) is 19.5. The summed E-state index contributed by atoms with van der Waals surface area (Å²) in [5, 5.41) is 2.94. The Bertz CT molecular complexity index is 565. The van der Waals surface area contributed by atoms with Gasteiger partial charge >= 0.3 is 6.03 Å². The quantitative estimate of drug-likeness (QED) is 0.766. The van der Waals surface area contributed by atoms with Crippen molar-refractivity contribution in [2.45, 2.75) is 26.4 Å². The third kappa shape index (κ3) is 6.55. The first-order chi connectivity index (χ1) is 12.0. The largest absolute Gasteiger partial charge is 0.493 e. The van der Waals surface area contributed by atoms with Gasteiger partial charge in [-0.05, 0) is 38.9 Å². The maximum Gasteiger partial charge on any atom is 0.317 e. The summed E-state index contributed by atoms with van der Waals surface area (Å²) < 4.78 is 11.5. The highest BCUT2D eigenvalue weighted by molar-refractivity contribution is 5.73. The van der Waals surface area contributed by atoms with Crippen molar-refractivity contribution >= 4 is 6.03 Å². The first-order valence-corrected chi connectivity index (χ1v) is 8.95. The highest BCUT2D eigenvalue weighted by Gasteiger charge is 2.19. The SMILES string of the molecule is Cc1ccc(OCCCN(C)C(=O)NC[C@@H]2CN(C)CCO2)c(C)c1. The minimum atomic E-state index is -0.0663. The number of carbonyl (C=O) groups is 1. The standard InChI is InChI=1S/C19H31N3O3/c1-15-6-7-18(16(2)12-15)25-10-5-8-22(4)19(23)20-13-17-14-21(3)9-11-24-17/h6-7,12,17H,5,8-11,13-14H2,1-4H3,(H,20,23)/t17-/m1/s1. The second kappa shape index (κ2) is 9.63. The van der Waals surface area contributed by atoms with Crippen LogP contribution in [-0.2, 0) is 4.74 Å². The molecule has 0 radical (unpaired) electrons. The molecule has 6 heteroatoms. The number of aryl methyl sites for hydroxylation is 2. The van der Waals surface area contributed by atoms with E-state index >= 15 is 0 Å². The Kier molecular flexibility index (Phi) is 7.52. The van der Waals surface area contributed by atoms with Crippen molar-refractivity contribution in [2.24, 2.45) is 0 Å². The first-order valence-electron chi connectivity index (χ1n) is 8.95. The lowest BCUT2D eigenvalue weighted by Crippen LogP contribution is -2.48. The van der Waals surface area contributed by atoms with Gasteiger partial charge in [0.2, 0.25) is 0 Å². The molecule has 0 bridgehead atoms. The maximum atomic E-state index is 12.1. The zero-order valence-corrected chi connectivity index (χ0v) is 15.9. The van der Waals surface area contributed by atoms with Crippen LogP contribution in [-0.4, -0.2) is 75.4 Å². The summed E-state index contributed by atoms with van der Waals surface area (Å²) in [6.07, 6.45) is 0.865. The Morgan fingerprint density at radius 3 is 2.96 bits per heavy atom. The number of urea groups is 1. The van der Waals surface area contributed by atoms with Gasteiger partial charge in [0, 0.05) is 33.2 Å². The molecule has 0 spiro atoms. The number of morpholine rings is 1. The van der Waals surface area contributed by atoms with Gasteiger partial charge < -0.3 is 24.6 Å². The zero-order chi connectivity index (χ0) is 18.2. The molecule has 25 heavy (non-hydrogen) atoms. The van der Waals surface area contributed by atoms with Crippen LogP contribution in [0.3, 0.4) is 0 Å². The predicted molar refractivity (Wildman–Crippen MR) is 99.3 cm³/mol. The maximum absolute atomic E-state index is 12.1.